The molecule has 2 aromatic heterocycles. The van der Waals surface area contributed by atoms with Gasteiger partial charge in [0.05, 0.1) is 6.54 Å². The number of hydrogen-bond acceptors (Lipinski definition) is 5. The molecule has 0 unspecified atom stereocenters. The molecule has 0 spiro atoms. The lowest BCUT2D eigenvalue weighted by atomic mass is 9.98. The van der Waals surface area contributed by atoms with Crippen LogP contribution in [0.4, 0.5) is 5.82 Å². The number of nitrogens with two attached hydrogens (primary N) is 1. The highest BCUT2D eigenvalue weighted by molar-refractivity contribution is 6.03. The quantitative estimate of drug-likeness (QED) is 0.443. The van der Waals surface area contributed by atoms with Gasteiger partial charge in [0, 0.05) is 23.9 Å². The lowest BCUT2D eigenvalue weighted by Gasteiger charge is -2.15. The first-order valence-electron chi connectivity index (χ1n) is 11.4. The van der Waals surface area contributed by atoms with Crippen LogP contribution < -0.4 is 15.8 Å². The molecule has 4 aromatic rings. The lowest BCUT2D eigenvalue weighted by Crippen LogP contribution is -2.35. The Morgan fingerprint density at radius 2 is 1.82 bits per heavy atom. The second-order valence-corrected chi connectivity index (χ2v) is 8.73. The molecule has 1 amide bonds. The van der Waals surface area contributed by atoms with Gasteiger partial charge in [0.25, 0.3) is 5.91 Å². The van der Waals surface area contributed by atoms with E-state index in [4.69, 9.17) is 15.6 Å². The van der Waals surface area contributed by atoms with Crippen LogP contribution in [0, 0.1) is 0 Å². The van der Waals surface area contributed by atoms with E-state index in [0.717, 1.165) is 28.0 Å². The Balaban J connectivity index is 1.43. The van der Waals surface area contributed by atoms with Gasteiger partial charge < -0.3 is 15.8 Å². The van der Waals surface area contributed by atoms with Gasteiger partial charge in [-0.15, -0.1) is 0 Å². The van der Waals surface area contributed by atoms with Crippen molar-refractivity contribution >= 4 is 11.7 Å². The van der Waals surface area contributed by atoms with Crippen molar-refractivity contribution in [1.82, 2.24) is 20.1 Å². The van der Waals surface area contributed by atoms with Gasteiger partial charge >= 0.3 is 0 Å². The second kappa shape index (κ2) is 9.02. The summed E-state index contributed by atoms with van der Waals surface area (Å²) in [7, 11) is 0. The van der Waals surface area contributed by atoms with Crippen molar-refractivity contribution in [1.29, 1.82) is 0 Å². The fraction of sp³-hybridized carbons (Fsp3) is 0.222. The molecule has 0 saturated carbocycles. The number of anilines is 1. The Morgan fingerprint density at radius 3 is 2.53 bits per heavy atom. The average molecular weight is 454 g/mol. The van der Waals surface area contributed by atoms with Crippen LogP contribution in [0.25, 0.3) is 22.4 Å². The van der Waals surface area contributed by atoms with E-state index in [-0.39, 0.29) is 5.91 Å². The summed E-state index contributed by atoms with van der Waals surface area (Å²) in [5, 5.41) is 7.67. The Hall–Kier alpha value is -4.13. The SMILES string of the molecule is CC(C)c1ccc(COc2ccc(-c3c(-c4ccnc(N)c4)nn4c3C(=O)NCC4)cc2)cc1. The van der Waals surface area contributed by atoms with Gasteiger partial charge in [0.1, 0.15) is 29.6 Å². The molecule has 0 atom stereocenters. The fourth-order valence-corrected chi connectivity index (χ4v) is 4.17. The van der Waals surface area contributed by atoms with Crippen LogP contribution in [0.3, 0.4) is 0 Å². The molecule has 5 rings (SSSR count). The predicted molar refractivity (Wildman–Crippen MR) is 133 cm³/mol. The van der Waals surface area contributed by atoms with Crippen molar-refractivity contribution < 1.29 is 9.53 Å². The van der Waals surface area contributed by atoms with Gasteiger partial charge in [-0.2, -0.15) is 5.10 Å². The fourth-order valence-electron chi connectivity index (χ4n) is 4.17. The minimum Gasteiger partial charge on any atom is -0.489 e. The number of nitrogen functional groups attached to an aromatic ring is 1. The highest BCUT2D eigenvalue weighted by Crippen LogP contribution is 2.36. The standard InChI is InChI=1S/C27H27N5O2/c1-17(2)19-5-3-18(4-6-19)16-34-22-9-7-20(8-10-22)24-25(21-11-12-29-23(28)15-21)31-32-14-13-30-27(33)26(24)32/h3-12,15,17H,13-14,16H2,1-2H3,(H2,28,29)(H,30,33). The summed E-state index contributed by atoms with van der Waals surface area (Å²) >= 11 is 0. The summed E-state index contributed by atoms with van der Waals surface area (Å²) in [6.45, 7) is 6.03. The van der Waals surface area contributed by atoms with E-state index in [2.05, 4.69) is 48.4 Å². The van der Waals surface area contributed by atoms with Crippen molar-refractivity contribution in [2.24, 2.45) is 0 Å². The summed E-state index contributed by atoms with van der Waals surface area (Å²) in [4.78, 5) is 16.8. The summed E-state index contributed by atoms with van der Waals surface area (Å²) in [6.07, 6.45) is 1.65. The van der Waals surface area contributed by atoms with Crippen LogP contribution in [0.15, 0.2) is 66.9 Å². The molecule has 0 bridgehead atoms. The highest BCUT2D eigenvalue weighted by Gasteiger charge is 2.28. The van der Waals surface area contributed by atoms with Gasteiger partial charge in [0.15, 0.2) is 0 Å². The first-order valence-corrected chi connectivity index (χ1v) is 11.4. The van der Waals surface area contributed by atoms with E-state index >= 15 is 0 Å². The molecular weight excluding hydrogens is 426 g/mol. The number of amides is 1. The Morgan fingerprint density at radius 1 is 1.06 bits per heavy atom. The third-order valence-corrected chi connectivity index (χ3v) is 6.03. The molecule has 0 radical (unpaired) electrons. The molecule has 1 aliphatic rings. The average Bonchev–Trinajstić information content (AvgIpc) is 3.24. The zero-order valence-electron chi connectivity index (χ0n) is 19.3. The van der Waals surface area contributed by atoms with Crippen LogP contribution >= 0.6 is 0 Å². The van der Waals surface area contributed by atoms with Crippen LogP contribution in [0.5, 0.6) is 5.75 Å². The molecular formula is C27H27N5O2. The minimum atomic E-state index is -0.132. The number of hydrogen-bond donors (Lipinski definition) is 2. The molecule has 34 heavy (non-hydrogen) atoms. The second-order valence-electron chi connectivity index (χ2n) is 8.73. The molecule has 1 aliphatic heterocycles. The van der Waals surface area contributed by atoms with Crippen molar-refractivity contribution in [2.45, 2.75) is 32.9 Å². The summed E-state index contributed by atoms with van der Waals surface area (Å²) in [5.74, 6) is 1.54. The number of nitrogens with zero attached hydrogens (tertiary/aromatic N) is 3. The van der Waals surface area contributed by atoms with Gasteiger partial charge in [-0.3, -0.25) is 9.48 Å². The monoisotopic (exact) mass is 453 g/mol. The van der Waals surface area contributed by atoms with E-state index in [1.165, 1.54) is 5.56 Å². The molecule has 2 aromatic carbocycles. The van der Waals surface area contributed by atoms with E-state index in [1.807, 2.05) is 30.3 Å². The maximum Gasteiger partial charge on any atom is 0.270 e. The third-order valence-electron chi connectivity index (χ3n) is 6.03. The number of carbonyl (C=O) groups excluding carboxylic acids is 1. The molecule has 7 nitrogen and oxygen atoms in total. The molecule has 0 aliphatic carbocycles. The van der Waals surface area contributed by atoms with E-state index in [1.54, 1.807) is 16.9 Å². The number of aromatic nitrogens is 3. The Labute approximate surface area is 198 Å². The van der Waals surface area contributed by atoms with E-state index < -0.39 is 0 Å². The van der Waals surface area contributed by atoms with E-state index in [9.17, 15) is 4.79 Å². The largest absolute Gasteiger partial charge is 0.489 e. The zero-order chi connectivity index (χ0) is 23.7. The van der Waals surface area contributed by atoms with Crippen LogP contribution in [0.2, 0.25) is 0 Å². The summed E-state index contributed by atoms with van der Waals surface area (Å²) in [6, 6.07) is 19.9. The molecule has 172 valence electrons. The molecule has 0 saturated heterocycles. The van der Waals surface area contributed by atoms with Crippen molar-refractivity contribution in [3.63, 3.8) is 0 Å². The Bertz CT molecular complexity index is 1320. The predicted octanol–water partition coefficient (Wildman–Crippen LogP) is 4.64. The molecule has 3 N–H and O–H groups in total. The normalized spacial score (nSPS) is 13.0. The summed E-state index contributed by atoms with van der Waals surface area (Å²) < 4.78 is 7.77. The number of benzene rings is 2. The highest BCUT2D eigenvalue weighted by atomic mass is 16.5. The van der Waals surface area contributed by atoms with Gasteiger partial charge in [0.2, 0.25) is 0 Å². The lowest BCUT2D eigenvalue weighted by molar-refractivity contribution is 0.0925. The van der Waals surface area contributed by atoms with Crippen molar-refractivity contribution in [3.8, 4) is 28.1 Å². The third kappa shape index (κ3) is 4.24. The number of ether oxygens (including phenoxy) is 1. The summed E-state index contributed by atoms with van der Waals surface area (Å²) in [5.41, 5.74) is 12.1. The zero-order valence-corrected chi connectivity index (χ0v) is 19.3. The molecule has 0 fully saturated rings. The number of carbonyl (C=O) groups is 1. The number of rotatable bonds is 6. The number of fused-ring (bicyclic) bond motifs is 1. The van der Waals surface area contributed by atoms with Crippen LogP contribution in [0.1, 0.15) is 41.4 Å². The first kappa shape index (κ1) is 21.7. The smallest absolute Gasteiger partial charge is 0.270 e. The van der Waals surface area contributed by atoms with Gasteiger partial charge in [-0.25, -0.2) is 4.98 Å². The molecule has 7 heteroatoms. The topological polar surface area (TPSA) is 95.1 Å². The molecule has 3 heterocycles. The maximum absolute atomic E-state index is 12.7. The number of nitrogens with one attached hydrogen (secondary N) is 1. The number of pyridine rings is 1. The van der Waals surface area contributed by atoms with Crippen molar-refractivity contribution in [2.75, 3.05) is 12.3 Å². The van der Waals surface area contributed by atoms with Crippen LogP contribution in [-0.4, -0.2) is 27.2 Å². The Kier molecular flexibility index (Phi) is 5.76. The first-order chi connectivity index (χ1) is 16.5. The minimum absolute atomic E-state index is 0.132. The van der Waals surface area contributed by atoms with Gasteiger partial charge in [-0.05, 0) is 46.9 Å². The van der Waals surface area contributed by atoms with Crippen molar-refractivity contribution in [3.05, 3.63) is 83.7 Å². The van der Waals surface area contributed by atoms with E-state index in [0.29, 0.717) is 42.8 Å². The van der Waals surface area contributed by atoms with Crippen LogP contribution in [-0.2, 0) is 13.2 Å². The maximum atomic E-state index is 12.7. The van der Waals surface area contributed by atoms with Gasteiger partial charge in [-0.1, -0.05) is 50.2 Å².